The Hall–Kier alpha value is 0.230. The molecule has 0 aliphatic carbocycles. The van der Waals surface area contributed by atoms with Crippen LogP contribution in [0.2, 0.25) is 0 Å². The summed E-state index contributed by atoms with van der Waals surface area (Å²) in [6.45, 7) is -0.0892. The molecule has 0 saturated heterocycles. The molecule has 0 bridgehead atoms. The van der Waals surface area contributed by atoms with Gasteiger partial charge in [0.2, 0.25) is 0 Å². The predicted molar refractivity (Wildman–Crippen MR) is 34.9 cm³/mol. The first-order valence-corrected chi connectivity index (χ1v) is 3.04. The van der Waals surface area contributed by atoms with Crippen LogP contribution in [-0.2, 0) is 0 Å². The minimum atomic E-state index is -0.215. The number of hydrogen-bond donors (Lipinski definition) is 4. The van der Waals surface area contributed by atoms with Crippen LogP contribution in [0.1, 0.15) is 0 Å². The second kappa shape index (κ2) is 5.37. The fraction of sp³-hybridized carbons (Fsp3) is 1.00. The summed E-state index contributed by atoms with van der Waals surface area (Å²) >= 11 is 3.83. The molecule has 8 heavy (non-hydrogen) atoms. The van der Waals surface area contributed by atoms with Crippen molar-refractivity contribution in [3.05, 3.63) is 0 Å². The number of aliphatic hydroxyl groups excluding tert-OH is 2. The Morgan fingerprint density at radius 2 is 1.88 bits per heavy atom. The molecule has 3 N–H and O–H groups in total. The smallest absolute Gasteiger partial charge is 0.0607 e. The summed E-state index contributed by atoms with van der Waals surface area (Å²) in [5.74, 6) is 0.478. The second-order valence-electron chi connectivity index (χ2n) is 1.42. The number of hydrogen-bond acceptors (Lipinski definition) is 4. The molecule has 0 aromatic heterocycles. The van der Waals surface area contributed by atoms with Crippen LogP contribution in [0.25, 0.3) is 0 Å². The monoisotopic (exact) mass is 137 g/mol. The fourth-order valence-electron chi connectivity index (χ4n) is 0.316. The third-order valence-corrected chi connectivity index (χ3v) is 1.00. The average molecular weight is 137 g/mol. The van der Waals surface area contributed by atoms with Crippen molar-refractivity contribution in [2.45, 2.75) is 6.04 Å². The van der Waals surface area contributed by atoms with Crippen molar-refractivity contribution < 1.29 is 10.2 Å². The Bertz CT molecular complexity index is 49.3. The first-order chi connectivity index (χ1) is 3.85. The summed E-state index contributed by atoms with van der Waals surface area (Å²) in [7, 11) is 0. The van der Waals surface area contributed by atoms with E-state index >= 15 is 0 Å². The highest BCUT2D eigenvalue weighted by Crippen LogP contribution is 1.78. The number of rotatable bonds is 4. The zero-order chi connectivity index (χ0) is 6.41. The Kier molecular flexibility index (Phi) is 5.52. The van der Waals surface area contributed by atoms with Crippen LogP contribution in [0.5, 0.6) is 0 Å². The van der Waals surface area contributed by atoms with Crippen LogP contribution in [-0.4, -0.2) is 35.3 Å². The van der Waals surface area contributed by atoms with E-state index in [1.54, 1.807) is 0 Å². The first-order valence-electron chi connectivity index (χ1n) is 2.41. The topological polar surface area (TPSA) is 52.5 Å². The standard InChI is InChI=1S/C4H11NO2S/c6-1-4(2-7)5-3-8/h4-8H,1-3H2. The zero-order valence-electron chi connectivity index (χ0n) is 4.54. The van der Waals surface area contributed by atoms with Crippen LogP contribution in [0.3, 0.4) is 0 Å². The summed E-state index contributed by atoms with van der Waals surface area (Å²) in [6.07, 6.45) is 0. The van der Waals surface area contributed by atoms with E-state index < -0.39 is 0 Å². The minimum absolute atomic E-state index is 0.0446. The van der Waals surface area contributed by atoms with Gasteiger partial charge in [-0.15, -0.1) is 0 Å². The van der Waals surface area contributed by atoms with Gasteiger partial charge >= 0.3 is 0 Å². The Morgan fingerprint density at radius 1 is 1.38 bits per heavy atom. The Labute approximate surface area is 54.1 Å². The maximum absolute atomic E-state index is 8.40. The molecule has 0 atom stereocenters. The molecular weight excluding hydrogens is 126 g/mol. The molecule has 0 spiro atoms. The lowest BCUT2D eigenvalue weighted by atomic mass is 10.3. The van der Waals surface area contributed by atoms with E-state index in [1.807, 2.05) is 0 Å². The molecule has 0 rings (SSSR count). The van der Waals surface area contributed by atoms with Gasteiger partial charge < -0.3 is 15.5 Å². The van der Waals surface area contributed by atoms with Gasteiger partial charge in [0, 0.05) is 5.88 Å². The lowest BCUT2D eigenvalue weighted by Crippen LogP contribution is -2.34. The Balaban J connectivity index is 3.07. The van der Waals surface area contributed by atoms with E-state index in [9.17, 15) is 0 Å². The molecule has 4 heteroatoms. The van der Waals surface area contributed by atoms with Crippen molar-refractivity contribution in [2.75, 3.05) is 19.1 Å². The average Bonchev–Trinajstić information content (AvgIpc) is 1.83. The third-order valence-electron chi connectivity index (χ3n) is 0.821. The van der Waals surface area contributed by atoms with Crippen molar-refractivity contribution >= 4 is 12.6 Å². The first kappa shape index (κ1) is 8.23. The summed E-state index contributed by atoms with van der Waals surface area (Å²) in [6, 6.07) is -0.215. The molecular formula is C4H11NO2S. The molecule has 0 aromatic carbocycles. The lowest BCUT2D eigenvalue weighted by Gasteiger charge is -2.09. The molecule has 0 aliphatic heterocycles. The van der Waals surface area contributed by atoms with Gasteiger partial charge in [-0.3, -0.25) is 0 Å². The van der Waals surface area contributed by atoms with Crippen molar-refractivity contribution in [2.24, 2.45) is 0 Å². The lowest BCUT2D eigenvalue weighted by molar-refractivity contribution is 0.175. The molecule has 0 radical (unpaired) electrons. The predicted octanol–water partition coefficient (Wildman–Crippen LogP) is -1.18. The van der Waals surface area contributed by atoms with Crippen LogP contribution >= 0.6 is 12.6 Å². The summed E-state index contributed by atoms with van der Waals surface area (Å²) in [4.78, 5) is 0. The maximum Gasteiger partial charge on any atom is 0.0607 e. The summed E-state index contributed by atoms with van der Waals surface area (Å²) in [5, 5.41) is 19.5. The largest absolute Gasteiger partial charge is 0.395 e. The molecule has 0 fully saturated rings. The maximum atomic E-state index is 8.40. The van der Waals surface area contributed by atoms with Gasteiger partial charge in [-0.2, -0.15) is 12.6 Å². The molecule has 0 aliphatic rings. The SMILES string of the molecule is OCC(CO)NCS. The molecule has 3 nitrogen and oxygen atoms in total. The van der Waals surface area contributed by atoms with E-state index in [-0.39, 0.29) is 19.3 Å². The molecule has 0 amide bonds. The normalized spacial score (nSPS) is 10.5. The van der Waals surface area contributed by atoms with Crippen molar-refractivity contribution in [3.8, 4) is 0 Å². The van der Waals surface area contributed by atoms with Gasteiger partial charge in [-0.1, -0.05) is 0 Å². The summed E-state index contributed by atoms with van der Waals surface area (Å²) < 4.78 is 0. The third kappa shape index (κ3) is 3.26. The van der Waals surface area contributed by atoms with Gasteiger partial charge in [0.25, 0.3) is 0 Å². The number of thiol groups is 1. The number of nitrogens with one attached hydrogen (secondary N) is 1. The molecule has 50 valence electrons. The van der Waals surface area contributed by atoms with E-state index in [0.29, 0.717) is 5.88 Å². The van der Waals surface area contributed by atoms with E-state index in [2.05, 4.69) is 17.9 Å². The van der Waals surface area contributed by atoms with Gasteiger partial charge in [-0.25, -0.2) is 0 Å². The molecule has 0 saturated carbocycles. The minimum Gasteiger partial charge on any atom is -0.395 e. The summed E-state index contributed by atoms with van der Waals surface area (Å²) in [5.41, 5.74) is 0. The van der Waals surface area contributed by atoms with Crippen LogP contribution in [0.4, 0.5) is 0 Å². The Morgan fingerprint density at radius 3 is 2.00 bits per heavy atom. The number of aliphatic hydroxyl groups is 2. The fourth-order valence-corrected chi connectivity index (χ4v) is 0.574. The molecule has 0 aromatic rings. The zero-order valence-corrected chi connectivity index (χ0v) is 5.43. The van der Waals surface area contributed by atoms with E-state index in [1.165, 1.54) is 0 Å². The van der Waals surface area contributed by atoms with Crippen molar-refractivity contribution in [1.29, 1.82) is 0 Å². The van der Waals surface area contributed by atoms with Crippen LogP contribution in [0.15, 0.2) is 0 Å². The van der Waals surface area contributed by atoms with Gasteiger partial charge in [-0.05, 0) is 0 Å². The van der Waals surface area contributed by atoms with Crippen molar-refractivity contribution in [1.82, 2.24) is 5.32 Å². The molecule has 0 unspecified atom stereocenters. The highest BCUT2D eigenvalue weighted by molar-refractivity contribution is 7.80. The van der Waals surface area contributed by atoms with E-state index in [0.717, 1.165) is 0 Å². The van der Waals surface area contributed by atoms with Gasteiger partial charge in [0.05, 0.1) is 19.3 Å². The second-order valence-corrected chi connectivity index (χ2v) is 1.74. The van der Waals surface area contributed by atoms with Crippen LogP contribution < -0.4 is 5.32 Å². The molecule has 0 heterocycles. The van der Waals surface area contributed by atoms with Gasteiger partial charge in [0.1, 0.15) is 0 Å². The van der Waals surface area contributed by atoms with E-state index in [4.69, 9.17) is 10.2 Å². The highest BCUT2D eigenvalue weighted by atomic mass is 32.1. The van der Waals surface area contributed by atoms with Crippen LogP contribution in [0, 0.1) is 0 Å². The van der Waals surface area contributed by atoms with Gasteiger partial charge in [0.15, 0.2) is 0 Å². The highest BCUT2D eigenvalue weighted by Gasteiger charge is 2.00. The quantitative estimate of drug-likeness (QED) is 0.291. The van der Waals surface area contributed by atoms with Crippen molar-refractivity contribution in [3.63, 3.8) is 0 Å².